The topological polar surface area (TPSA) is 102 Å². The molecule has 1 aromatic heterocycles. The summed E-state index contributed by atoms with van der Waals surface area (Å²) in [6.45, 7) is 0.324. The standard InChI is InChI=1S/C11H17N3O5S/c1-12-7-9(10(16)13(2)11(12)17)20(18,19)14-5-3-8(15)4-6-14/h7-8,15H,3-6H2,1-2H3. The molecule has 9 heteroatoms. The van der Waals surface area contributed by atoms with Crippen molar-refractivity contribution >= 4 is 10.0 Å². The van der Waals surface area contributed by atoms with Crippen LogP contribution in [0.5, 0.6) is 0 Å². The SMILES string of the molecule is Cn1cc(S(=O)(=O)N2CCC(O)CC2)c(=O)n(C)c1=O. The predicted molar refractivity (Wildman–Crippen MR) is 70.9 cm³/mol. The van der Waals surface area contributed by atoms with Gasteiger partial charge in [-0.1, -0.05) is 0 Å². The Kier molecular flexibility index (Phi) is 3.85. The molecule has 0 amide bonds. The van der Waals surface area contributed by atoms with Gasteiger partial charge in [0.25, 0.3) is 5.56 Å². The van der Waals surface area contributed by atoms with Crippen LogP contribution in [0.2, 0.25) is 0 Å². The van der Waals surface area contributed by atoms with Crippen molar-refractivity contribution in [1.82, 2.24) is 13.4 Å². The molecule has 2 rings (SSSR count). The van der Waals surface area contributed by atoms with Gasteiger partial charge in [0, 0.05) is 33.4 Å². The van der Waals surface area contributed by atoms with Crippen molar-refractivity contribution in [2.45, 2.75) is 23.8 Å². The summed E-state index contributed by atoms with van der Waals surface area (Å²) in [6, 6.07) is 0. The molecule has 1 saturated heterocycles. The fraction of sp³-hybridized carbons (Fsp3) is 0.636. The Bertz CT molecular complexity index is 725. The second-order valence-electron chi connectivity index (χ2n) is 4.89. The maximum absolute atomic E-state index is 12.4. The van der Waals surface area contributed by atoms with E-state index >= 15 is 0 Å². The first-order valence-corrected chi connectivity index (χ1v) is 7.64. The number of piperidine rings is 1. The minimum atomic E-state index is -3.95. The lowest BCUT2D eigenvalue weighted by molar-refractivity contribution is 0.113. The zero-order valence-corrected chi connectivity index (χ0v) is 12.1. The molecule has 112 valence electrons. The molecule has 1 N–H and O–H groups in total. The van der Waals surface area contributed by atoms with Gasteiger partial charge >= 0.3 is 5.69 Å². The molecule has 0 aliphatic carbocycles. The summed E-state index contributed by atoms with van der Waals surface area (Å²) >= 11 is 0. The minimum absolute atomic E-state index is 0.162. The number of sulfonamides is 1. The summed E-state index contributed by atoms with van der Waals surface area (Å²) in [5, 5.41) is 9.41. The molecule has 1 aromatic rings. The maximum Gasteiger partial charge on any atom is 0.330 e. The van der Waals surface area contributed by atoms with Crippen LogP contribution in [-0.4, -0.2) is 46.2 Å². The van der Waals surface area contributed by atoms with Crippen LogP contribution >= 0.6 is 0 Å². The third-order valence-corrected chi connectivity index (χ3v) is 5.34. The van der Waals surface area contributed by atoms with E-state index in [1.165, 1.54) is 18.4 Å². The van der Waals surface area contributed by atoms with Crippen LogP contribution in [0.1, 0.15) is 12.8 Å². The van der Waals surface area contributed by atoms with E-state index in [9.17, 15) is 23.1 Å². The number of aromatic nitrogens is 2. The summed E-state index contributed by atoms with van der Waals surface area (Å²) in [5.41, 5.74) is -1.41. The zero-order chi connectivity index (χ0) is 15.1. The van der Waals surface area contributed by atoms with Crippen LogP contribution in [0.3, 0.4) is 0 Å². The normalized spacial score (nSPS) is 18.4. The second-order valence-corrected chi connectivity index (χ2v) is 6.79. The molecule has 2 heterocycles. The van der Waals surface area contributed by atoms with Crippen molar-refractivity contribution in [1.29, 1.82) is 0 Å². The summed E-state index contributed by atoms with van der Waals surface area (Å²) < 4.78 is 27.9. The summed E-state index contributed by atoms with van der Waals surface area (Å²) in [4.78, 5) is 23.1. The fourth-order valence-corrected chi connectivity index (χ4v) is 3.79. The molecule has 0 saturated carbocycles. The molecule has 0 radical (unpaired) electrons. The van der Waals surface area contributed by atoms with E-state index in [0.717, 1.165) is 15.3 Å². The molecule has 0 atom stereocenters. The van der Waals surface area contributed by atoms with Gasteiger partial charge in [-0.05, 0) is 12.8 Å². The van der Waals surface area contributed by atoms with Gasteiger partial charge < -0.3 is 9.67 Å². The number of aliphatic hydroxyl groups is 1. The van der Waals surface area contributed by atoms with Crippen LogP contribution < -0.4 is 11.2 Å². The smallest absolute Gasteiger partial charge is 0.330 e. The summed E-state index contributed by atoms with van der Waals surface area (Å²) in [6.07, 6.45) is 1.21. The highest BCUT2D eigenvalue weighted by molar-refractivity contribution is 7.89. The third-order valence-electron chi connectivity index (χ3n) is 3.46. The largest absolute Gasteiger partial charge is 0.393 e. The van der Waals surface area contributed by atoms with Crippen molar-refractivity contribution in [2.24, 2.45) is 14.1 Å². The Morgan fingerprint density at radius 3 is 2.30 bits per heavy atom. The van der Waals surface area contributed by atoms with E-state index in [0.29, 0.717) is 12.8 Å². The van der Waals surface area contributed by atoms with Crippen molar-refractivity contribution < 1.29 is 13.5 Å². The second kappa shape index (κ2) is 5.15. The van der Waals surface area contributed by atoms with Crippen LogP contribution in [-0.2, 0) is 24.1 Å². The van der Waals surface area contributed by atoms with E-state index in [4.69, 9.17) is 0 Å². The van der Waals surface area contributed by atoms with Gasteiger partial charge in [0.2, 0.25) is 10.0 Å². The highest BCUT2D eigenvalue weighted by Crippen LogP contribution is 2.17. The minimum Gasteiger partial charge on any atom is -0.393 e. The lowest BCUT2D eigenvalue weighted by Crippen LogP contribution is -2.45. The van der Waals surface area contributed by atoms with Gasteiger partial charge in [0.15, 0.2) is 4.90 Å². The Morgan fingerprint density at radius 1 is 1.20 bits per heavy atom. The molecule has 1 aliphatic rings. The average Bonchev–Trinajstić information content (AvgIpc) is 2.41. The number of nitrogens with zero attached hydrogens (tertiary/aromatic N) is 3. The molecule has 1 fully saturated rings. The number of aliphatic hydroxyl groups excluding tert-OH is 1. The molecular weight excluding hydrogens is 286 g/mol. The van der Waals surface area contributed by atoms with Gasteiger partial charge in [-0.3, -0.25) is 9.36 Å². The van der Waals surface area contributed by atoms with Crippen LogP contribution in [0, 0.1) is 0 Å². The molecule has 0 bridgehead atoms. The first-order chi connectivity index (χ1) is 9.25. The average molecular weight is 303 g/mol. The Labute approximate surface area is 115 Å². The molecule has 8 nitrogen and oxygen atoms in total. The third kappa shape index (κ3) is 2.43. The summed E-state index contributed by atoms with van der Waals surface area (Å²) in [7, 11) is -1.32. The Balaban J connectivity index is 2.51. The predicted octanol–water partition coefficient (Wildman–Crippen LogP) is -1.77. The molecule has 0 unspecified atom stereocenters. The lowest BCUT2D eigenvalue weighted by atomic mass is 10.1. The molecule has 0 spiro atoms. The Hall–Kier alpha value is -1.45. The van der Waals surface area contributed by atoms with Crippen molar-refractivity contribution in [2.75, 3.05) is 13.1 Å². The van der Waals surface area contributed by atoms with Crippen LogP contribution in [0.4, 0.5) is 0 Å². The number of hydrogen-bond donors (Lipinski definition) is 1. The van der Waals surface area contributed by atoms with Crippen LogP contribution in [0.15, 0.2) is 20.7 Å². The zero-order valence-electron chi connectivity index (χ0n) is 11.3. The number of aryl methyl sites for hydroxylation is 1. The lowest BCUT2D eigenvalue weighted by Gasteiger charge is -2.28. The highest BCUT2D eigenvalue weighted by atomic mass is 32.2. The quantitative estimate of drug-likeness (QED) is 0.696. The fourth-order valence-electron chi connectivity index (χ4n) is 2.17. The first-order valence-electron chi connectivity index (χ1n) is 6.20. The van der Waals surface area contributed by atoms with E-state index in [2.05, 4.69) is 0 Å². The number of rotatable bonds is 2. The maximum atomic E-state index is 12.4. The molecular formula is C11H17N3O5S. The van der Waals surface area contributed by atoms with E-state index in [1.54, 1.807) is 0 Å². The van der Waals surface area contributed by atoms with E-state index < -0.39 is 32.3 Å². The number of hydrogen-bond acceptors (Lipinski definition) is 5. The molecule has 0 aromatic carbocycles. The van der Waals surface area contributed by atoms with Gasteiger partial charge in [0.1, 0.15) is 0 Å². The first kappa shape index (κ1) is 14.9. The van der Waals surface area contributed by atoms with Gasteiger partial charge in [0.05, 0.1) is 6.10 Å². The van der Waals surface area contributed by atoms with Crippen LogP contribution in [0.25, 0.3) is 0 Å². The van der Waals surface area contributed by atoms with Gasteiger partial charge in [-0.2, -0.15) is 4.31 Å². The van der Waals surface area contributed by atoms with Crippen molar-refractivity contribution in [3.8, 4) is 0 Å². The van der Waals surface area contributed by atoms with Crippen molar-refractivity contribution in [3.63, 3.8) is 0 Å². The molecule has 20 heavy (non-hydrogen) atoms. The van der Waals surface area contributed by atoms with E-state index in [1.807, 2.05) is 0 Å². The van der Waals surface area contributed by atoms with Gasteiger partial charge in [-0.15, -0.1) is 0 Å². The monoisotopic (exact) mass is 303 g/mol. The van der Waals surface area contributed by atoms with Gasteiger partial charge in [-0.25, -0.2) is 13.2 Å². The van der Waals surface area contributed by atoms with E-state index in [-0.39, 0.29) is 13.1 Å². The highest BCUT2D eigenvalue weighted by Gasteiger charge is 2.31. The van der Waals surface area contributed by atoms with Crippen molar-refractivity contribution in [3.05, 3.63) is 27.0 Å². The molecule has 1 aliphatic heterocycles. The Morgan fingerprint density at radius 2 is 1.75 bits per heavy atom. The summed E-state index contributed by atoms with van der Waals surface area (Å²) in [5.74, 6) is 0.